The molecule has 0 radical (unpaired) electrons. The summed E-state index contributed by atoms with van der Waals surface area (Å²) in [6, 6.07) is 6.13. The van der Waals surface area contributed by atoms with E-state index < -0.39 is 0 Å². The fraction of sp³-hybridized carbons (Fsp3) is 0.333. The molecule has 1 saturated heterocycles. The standard InChI is InChI=1S/C18H20N6O/c1-23-16(4-5-22-23)11-24-6-7-25-18(12-24)17-3-2-14(10-21-17)15-8-19-13-20-9-15/h2-5,8-10,13,18H,6-7,11-12H2,1H3. The summed E-state index contributed by atoms with van der Waals surface area (Å²) in [5, 5.41) is 4.23. The normalized spacial score (nSPS) is 18.4. The zero-order valence-electron chi connectivity index (χ0n) is 14.1. The molecule has 0 spiro atoms. The second-order valence-electron chi connectivity index (χ2n) is 6.14. The van der Waals surface area contributed by atoms with Gasteiger partial charge in [-0.15, -0.1) is 0 Å². The molecular formula is C18H20N6O. The average molecular weight is 336 g/mol. The number of ether oxygens (including phenoxy) is 1. The summed E-state index contributed by atoms with van der Waals surface area (Å²) in [5.41, 5.74) is 4.12. The fourth-order valence-corrected chi connectivity index (χ4v) is 3.03. The van der Waals surface area contributed by atoms with E-state index in [1.54, 1.807) is 12.4 Å². The number of hydrogen-bond acceptors (Lipinski definition) is 6. The number of pyridine rings is 1. The molecule has 128 valence electrons. The Bertz CT molecular complexity index is 817. The summed E-state index contributed by atoms with van der Waals surface area (Å²) in [4.78, 5) is 15.1. The maximum Gasteiger partial charge on any atom is 0.115 e. The van der Waals surface area contributed by atoms with Crippen LogP contribution in [-0.4, -0.2) is 49.3 Å². The summed E-state index contributed by atoms with van der Waals surface area (Å²) >= 11 is 0. The highest BCUT2D eigenvalue weighted by Crippen LogP contribution is 2.24. The number of aromatic nitrogens is 5. The molecule has 0 aliphatic carbocycles. The van der Waals surface area contributed by atoms with E-state index >= 15 is 0 Å². The van der Waals surface area contributed by atoms with Gasteiger partial charge in [0.1, 0.15) is 12.4 Å². The van der Waals surface area contributed by atoms with E-state index in [4.69, 9.17) is 4.74 Å². The van der Waals surface area contributed by atoms with Crippen molar-refractivity contribution in [1.29, 1.82) is 0 Å². The van der Waals surface area contributed by atoms with Crippen LogP contribution in [0.1, 0.15) is 17.5 Å². The average Bonchev–Trinajstić information content (AvgIpc) is 3.07. The summed E-state index contributed by atoms with van der Waals surface area (Å²) in [5.74, 6) is 0. The van der Waals surface area contributed by atoms with E-state index in [0.717, 1.165) is 36.5 Å². The van der Waals surface area contributed by atoms with Gasteiger partial charge in [0.05, 0.1) is 18.0 Å². The molecule has 0 saturated carbocycles. The molecule has 7 nitrogen and oxygen atoms in total. The molecule has 4 rings (SSSR count). The highest BCUT2D eigenvalue weighted by atomic mass is 16.5. The van der Waals surface area contributed by atoms with Gasteiger partial charge in [-0.3, -0.25) is 14.6 Å². The molecule has 0 bridgehead atoms. The molecule has 4 heterocycles. The smallest absolute Gasteiger partial charge is 0.115 e. The minimum absolute atomic E-state index is 0.0111. The third-order valence-electron chi connectivity index (χ3n) is 4.47. The molecule has 1 unspecified atom stereocenters. The summed E-state index contributed by atoms with van der Waals surface area (Å²) < 4.78 is 7.85. The second kappa shape index (κ2) is 7.08. The minimum atomic E-state index is -0.0111. The van der Waals surface area contributed by atoms with Crippen LogP contribution in [0.15, 0.2) is 49.3 Å². The molecule has 3 aromatic heterocycles. The van der Waals surface area contributed by atoms with E-state index in [9.17, 15) is 0 Å². The van der Waals surface area contributed by atoms with Crippen LogP contribution < -0.4 is 0 Å². The first-order chi connectivity index (χ1) is 12.3. The van der Waals surface area contributed by atoms with E-state index in [1.807, 2.05) is 36.3 Å². The Labute approximate surface area is 146 Å². The SMILES string of the molecule is Cn1nccc1CN1CCOC(c2ccc(-c3cncnc3)cn2)C1. The Morgan fingerprint density at radius 3 is 2.72 bits per heavy atom. The second-order valence-corrected chi connectivity index (χ2v) is 6.14. The lowest BCUT2D eigenvalue weighted by atomic mass is 10.1. The lowest BCUT2D eigenvalue weighted by Gasteiger charge is -2.32. The first-order valence-corrected chi connectivity index (χ1v) is 8.32. The van der Waals surface area contributed by atoms with Crippen molar-refractivity contribution in [3.05, 3.63) is 60.7 Å². The topological polar surface area (TPSA) is 69.0 Å². The molecule has 3 aromatic rings. The molecule has 0 amide bonds. The maximum absolute atomic E-state index is 5.94. The van der Waals surface area contributed by atoms with Crippen LogP contribution in [0.5, 0.6) is 0 Å². The Morgan fingerprint density at radius 2 is 2.00 bits per heavy atom. The van der Waals surface area contributed by atoms with E-state index in [1.165, 1.54) is 12.0 Å². The Hall–Kier alpha value is -2.64. The zero-order chi connectivity index (χ0) is 17.1. The molecule has 1 aliphatic heterocycles. The van der Waals surface area contributed by atoms with Crippen LogP contribution >= 0.6 is 0 Å². The number of rotatable bonds is 4. The predicted molar refractivity (Wildman–Crippen MR) is 92.4 cm³/mol. The van der Waals surface area contributed by atoms with Crippen molar-refractivity contribution in [2.24, 2.45) is 7.05 Å². The molecule has 25 heavy (non-hydrogen) atoms. The lowest BCUT2D eigenvalue weighted by Crippen LogP contribution is -2.38. The van der Waals surface area contributed by atoms with Gasteiger partial charge >= 0.3 is 0 Å². The Morgan fingerprint density at radius 1 is 1.12 bits per heavy atom. The zero-order valence-corrected chi connectivity index (χ0v) is 14.1. The van der Waals surface area contributed by atoms with Crippen molar-refractivity contribution >= 4 is 0 Å². The van der Waals surface area contributed by atoms with Crippen LogP contribution in [-0.2, 0) is 18.3 Å². The number of morpholine rings is 1. The van der Waals surface area contributed by atoms with Gasteiger partial charge in [-0.05, 0) is 12.1 Å². The fourth-order valence-electron chi connectivity index (χ4n) is 3.03. The van der Waals surface area contributed by atoms with Gasteiger partial charge in [0.25, 0.3) is 0 Å². The van der Waals surface area contributed by atoms with E-state index in [0.29, 0.717) is 6.61 Å². The van der Waals surface area contributed by atoms with Crippen molar-refractivity contribution in [3.63, 3.8) is 0 Å². The number of nitrogens with zero attached hydrogens (tertiary/aromatic N) is 6. The maximum atomic E-state index is 5.94. The summed E-state index contributed by atoms with van der Waals surface area (Å²) in [6.45, 7) is 3.32. The molecular weight excluding hydrogens is 316 g/mol. The van der Waals surface area contributed by atoms with Crippen LogP contribution in [0.25, 0.3) is 11.1 Å². The molecule has 0 aromatic carbocycles. The molecule has 0 N–H and O–H groups in total. The Kier molecular flexibility index (Phi) is 4.49. The van der Waals surface area contributed by atoms with Crippen LogP contribution in [0.3, 0.4) is 0 Å². The molecule has 1 aliphatic rings. The highest BCUT2D eigenvalue weighted by molar-refractivity contribution is 5.60. The van der Waals surface area contributed by atoms with Gasteiger partial charge in [0.2, 0.25) is 0 Å². The monoisotopic (exact) mass is 336 g/mol. The Balaban J connectivity index is 1.45. The van der Waals surface area contributed by atoms with Crippen molar-refractivity contribution in [2.45, 2.75) is 12.6 Å². The number of aryl methyl sites for hydroxylation is 1. The van der Waals surface area contributed by atoms with Gasteiger partial charge in [-0.25, -0.2) is 9.97 Å². The van der Waals surface area contributed by atoms with Crippen molar-refractivity contribution in [1.82, 2.24) is 29.6 Å². The summed E-state index contributed by atoms with van der Waals surface area (Å²) in [7, 11) is 1.97. The largest absolute Gasteiger partial charge is 0.369 e. The first-order valence-electron chi connectivity index (χ1n) is 8.32. The lowest BCUT2D eigenvalue weighted by molar-refractivity contribution is -0.0356. The van der Waals surface area contributed by atoms with E-state index in [-0.39, 0.29) is 6.10 Å². The molecule has 1 fully saturated rings. The quantitative estimate of drug-likeness (QED) is 0.724. The molecule has 7 heteroatoms. The van der Waals surface area contributed by atoms with Crippen molar-refractivity contribution in [3.8, 4) is 11.1 Å². The summed E-state index contributed by atoms with van der Waals surface area (Å²) in [6.07, 6.45) is 8.78. The van der Waals surface area contributed by atoms with Crippen LogP contribution in [0, 0.1) is 0 Å². The predicted octanol–water partition coefficient (Wildman–Crippen LogP) is 1.85. The minimum Gasteiger partial charge on any atom is -0.369 e. The van der Waals surface area contributed by atoms with Crippen LogP contribution in [0.2, 0.25) is 0 Å². The first kappa shape index (κ1) is 15.9. The van der Waals surface area contributed by atoms with Gasteiger partial charge in [0, 0.05) is 62.6 Å². The third-order valence-corrected chi connectivity index (χ3v) is 4.47. The van der Waals surface area contributed by atoms with Crippen molar-refractivity contribution < 1.29 is 4.74 Å². The van der Waals surface area contributed by atoms with Gasteiger partial charge in [-0.1, -0.05) is 6.07 Å². The number of hydrogen-bond donors (Lipinski definition) is 0. The van der Waals surface area contributed by atoms with E-state index in [2.05, 4.69) is 31.0 Å². The highest BCUT2D eigenvalue weighted by Gasteiger charge is 2.23. The van der Waals surface area contributed by atoms with Crippen molar-refractivity contribution in [2.75, 3.05) is 19.7 Å². The van der Waals surface area contributed by atoms with Gasteiger partial charge in [-0.2, -0.15) is 5.10 Å². The van der Waals surface area contributed by atoms with Gasteiger partial charge in [0.15, 0.2) is 0 Å². The third kappa shape index (κ3) is 3.57. The van der Waals surface area contributed by atoms with Crippen LogP contribution in [0.4, 0.5) is 0 Å². The molecule has 1 atom stereocenters. The van der Waals surface area contributed by atoms with Gasteiger partial charge < -0.3 is 4.74 Å².